The molecule has 1 aliphatic rings. The smallest absolute Gasteiger partial charge is 0.253 e. The van der Waals surface area contributed by atoms with Gasteiger partial charge in [0.2, 0.25) is 5.88 Å². The predicted molar refractivity (Wildman–Crippen MR) is 104 cm³/mol. The van der Waals surface area contributed by atoms with Crippen molar-refractivity contribution in [3.05, 3.63) is 72.2 Å². The molecule has 0 spiro atoms. The standard InChI is InChI=1S/C21H23N5O2/c27-21(17-10-11-20(22-14-17)28-18-8-4-5-9-18)25-19(15-26-23-12-13-24-26)16-6-2-1-3-7-16/h1-3,6-7,10-14,18-19H,4-5,8-9,15H2,(H,25,27). The van der Waals surface area contributed by atoms with Crippen molar-refractivity contribution < 1.29 is 9.53 Å². The van der Waals surface area contributed by atoms with Crippen LogP contribution in [0.15, 0.2) is 61.1 Å². The summed E-state index contributed by atoms with van der Waals surface area (Å²) in [6, 6.07) is 13.1. The van der Waals surface area contributed by atoms with Crippen molar-refractivity contribution in [1.29, 1.82) is 0 Å². The molecule has 1 atom stereocenters. The maximum absolute atomic E-state index is 12.8. The summed E-state index contributed by atoms with van der Waals surface area (Å²) >= 11 is 0. The minimum Gasteiger partial charge on any atom is -0.474 e. The first-order valence-electron chi connectivity index (χ1n) is 9.60. The highest BCUT2D eigenvalue weighted by Gasteiger charge is 2.19. The number of hydrogen-bond acceptors (Lipinski definition) is 5. The van der Waals surface area contributed by atoms with Crippen LogP contribution in [0.5, 0.6) is 5.88 Å². The third-order valence-electron chi connectivity index (χ3n) is 4.91. The molecule has 1 amide bonds. The van der Waals surface area contributed by atoms with Gasteiger partial charge in [-0.15, -0.1) is 0 Å². The van der Waals surface area contributed by atoms with Crippen molar-refractivity contribution in [1.82, 2.24) is 25.3 Å². The maximum atomic E-state index is 12.8. The number of hydrogen-bond donors (Lipinski definition) is 1. The van der Waals surface area contributed by atoms with Gasteiger partial charge in [-0.25, -0.2) is 4.98 Å². The van der Waals surface area contributed by atoms with Crippen LogP contribution >= 0.6 is 0 Å². The number of pyridine rings is 1. The zero-order valence-corrected chi connectivity index (χ0v) is 15.6. The molecule has 2 aromatic heterocycles. The minimum absolute atomic E-state index is 0.194. The maximum Gasteiger partial charge on any atom is 0.253 e. The van der Waals surface area contributed by atoms with Gasteiger partial charge in [-0.1, -0.05) is 30.3 Å². The second kappa shape index (κ2) is 8.65. The molecule has 1 aromatic carbocycles. The van der Waals surface area contributed by atoms with Gasteiger partial charge >= 0.3 is 0 Å². The number of benzene rings is 1. The second-order valence-corrected chi connectivity index (χ2v) is 6.93. The van der Waals surface area contributed by atoms with E-state index >= 15 is 0 Å². The Labute approximate surface area is 163 Å². The zero-order valence-electron chi connectivity index (χ0n) is 15.6. The fourth-order valence-corrected chi connectivity index (χ4v) is 3.42. The Bertz CT molecular complexity index is 875. The molecule has 0 radical (unpaired) electrons. The van der Waals surface area contributed by atoms with Crippen molar-refractivity contribution in [3.8, 4) is 5.88 Å². The molecule has 1 unspecified atom stereocenters. The van der Waals surface area contributed by atoms with Crippen LogP contribution in [0, 0.1) is 0 Å². The molecular formula is C21H23N5O2. The minimum atomic E-state index is -0.254. The molecule has 0 aliphatic heterocycles. The van der Waals surface area contributed by atoms with Crippen LogP contribution in [0.2, 0.25) is 0 Å². The average Bonchev–Trinajstić information content (AvgIpc) is 3.43. The van der Waals surface area contributed by atoms with Crippen LogP contribution < -0.4 is 10.1 Å². The van der Waals surface area contributed by atoms with E-state index in [0.29, 0.717) is 18.0 Å². The van der Waals surface area contributed by atoms with Crippen LogP contribution in [0.1, 0.15) is 47.6 Å². The molecule has 1 saturated carbocycles. The van der Waals surface area contributed by atoms with Crippen molar-refractivity contribution in [3.63, 3.8) is 0 Å². The van der Waals surface area contributed by atoms with Crippen LogP contribution in [0.25, 0.3) is 0 Å². The van der Waals surface area contributed by atoms with Gasteiger partial charge in [0.05, 0.1) is 30.5 Å². The monoisotopic (exact) mass is 377 g/mol. The van der Waals surface area contributed by atoms with E-state index in [1.165, 1.54) is 12.8 Å². The topological polar surface area (TPSA) is 81.9 Å². The lowest BCUT2D eigenvalue weighted by Crippen LogP contribution is -2.32. The van der Waals surface area contributed by atoms with Crippen LogP contribution in [0.3, 0.4) is 0 Å². The zero-order chi connectivity index (χ0) is 19.2. The Balaban J connectivity index is 1.44. The number of carbonyl (C=O) groups excluding carboxylic acids is 1. The Morgan fingerprint density at radius 2 is 1.86 bits per heavy atom. The van der Waals surface area contributed by atoms with E-state index in [1.54, 1.807) is 35.5 Å². The summed E-state index contributed by atoms with van der Waals surface area (Å²) < 4.78 is 5.87. The summed E-state index contributed by atoms with van der Waals surface area (Å²) in [4.78, 5) is 18.6. The number of ether oxygens (including phenoxy) is 1. The Kier molecular flexibility index (Phi) is 5.61. The fourth-order valence-electron chi connectivity index (χ4n) is 3.42. The third kappa shape index (κ3) is 4.54. The summed E-state index contributed by atoms with van der Waals surface area (Å²) in [6.45, 7) is 0.444. The summed E-state index contributed by atoms with van der Waals surface area (Å²) in [5.74, 6) is 0.379. The molecule has 28 heavy (non-hydrogen) atoms. The molecule has 0 saturated heterocycles. The lowest BCUT2D eigenvalue weighted by Gasteiger charge is -2.19. The molecule has 1 aliphatic carbocycles. The van der Waals surface area contributed by atoms with Crippen molar-refractivity contribution in [2.45, 2.75) is 44.4 Å². The fraction of sp³-hybridized carbons (Fsp3) is 0.333. The molecule has 4 rings (SSSR count). The molecule has 3 aromatic rings. The molecule has 0 bridgehead atoms. The van der Waals surface area contributed by atoms with E-state index in [1.807, 2.05) is 30.3 Å². The number of nitrogens with zero attached hydrogens (tertiary/aromatic N) is 4. The van der Waals surface area contributed by atoms with E-state index in [4.69, 9.17) is 4.74 Å². The molecular weight excluding hydrogens is 354 g/mol. The first kappa shape index (κ1) is 18.2. The lowest BCUT2D eigenvalue weighted by atomic mass is 10.1. The average molecular weight is 377 g/mol. The van der Waals surface area contributed by atoms with Crippen molar-refractivity contribution in [2.24, 2.45) is 0 Å². The normalized spacial score (nSPS) is 15.3. The summed E-state index contributed by atoms with van der Waals surface area (Å²) in [6.07, 6.45) is 9.61. The molecule has 144 valence electrons. The van der Waals surface area contributed by atoms with Gasteiger partial charge in [0.15, 0.2) is 0 Å². The highest BCUT2D eigenvalue weighted by Crippen LogP contribution is 2.23. The van der Waals surface area contributed by atoms with Gasteiger partial charge in [-0.05, 0) is 37.3 Å². The van der Waals surface area contributed by atoms with Crippen LogP contribution in [-0.2, 0) is 6.54 Å². The number of nitrogens with one attached hydrogen (secondary N) is 1. The van der Waals surface area contributed by atoms with Gasteiger partial charge < -0.3 is 10.1 Å². The van der Waals surface area contributed by atoms with Gasteiger partial charge in [-0.2, -0.15) is 15.0 Å². The van der Waals surface area contributed by atoms with E-state index in [9.17, 15) is 4.79 Å². The van der Waals surface area contributed by atoms with E-state index < -0.39 is 0 Å². The summed E-state index contributed by atoms with van der Waals surface area (Å²) in [5, 5.41) is 11.4. The predicted octanol–water partition coefficient (Wildman–Crippen LogP) is 3.17. The SMILES string of the molecule is O=C(NC(Cn1nccn1)c1ccccc1)c1ccc(OC2CCCC2)nc1. The molecule has 2 heterocycles. The molecule has 1 fully saturated rings. The highest BCUT2D eigenvalue weighted by atomic mass is 16.5. The van der Waals surface area contributed by atoms with E-state index in [2.05, 4.69) is 20.5 Å². The quantitative estimate of drug-likeness (QED) is 0.684. The highest BCUT2D eigenvalue weighted by molar-refractivity contribution is 5.94. The summed E-state index contributed by atoms with van der Waals surface area (Å²) in [7, 11) is 0. The van der Waals surface area contributed by atoms with Crippen molar-refractivity contribution >= 4 is 5.91 Å². The number of amides is 1. The lowest BCUT2D eigenvalue weighted by molar-refractivity contribution is 0.0930. The Hall–Kier alpha value is -3.22. The first-order chi connectivity index (χ1) is 13.8. The van der Waals surface area contributed by atoms with Gasteiger partial charge in [0.25, 0.3) is 5.91 Å². The van der Waals surface area contributed by atoms with Gasteiger partial charge in [-0.3, -0.25) is 4.79 Å². The molecule has 7 nitrogen and oxygen atoms in total. The number of aromatic nitrogens is 4. The largest absolute Gasteiger partial charge is 0.474 e. The molecule has 1 N–H and O–H groups in total. The summed E-state index contributed by atoms with van der Waals surface area (Å²) in [5.41, 5.74) is 1.48. The Morgan fingerprint density at radius 3 is 2.54 bits per heavy atom. The second-order valence-electron chi connectivity index (χ2n) is 6.93. The van der Waals surface area contributed by atoms with Gasteiger partial charge in [0, 0.05) is 12.3 Å². The van der Waals surface area contributed by atoms with Crippen LogP contribution in [0.4, 0.5) is 0 Å². The van der Waals surface area contributed by atoms with E-state index in [-0.39, 0.29) is 18.1 Å². The van der Waals surface area contributed by atoms with E-state index in [0.717, 1.165) is 18.4 Å². The third-order valence-corrected chi connectivity index (χ3v) is 4.91. The van der Waals surface area contributed by atoms with Crippen molar-refractivity contribution in [2.75, 3.05) is 0 Å². The first-order valence-corrected chi connectivity index (χ1v) is 9.60. The number of carbonyl (C=O) groups is 1. The number of rotatable bonds is 7. The Morgan fingerprint density at radius 1 is 1.11 bits per heavy atom. The van der Waals surface area contributed by atoms with Crippen LogP contribution in [-0.4, -0.2) is 32.0 Å². The van der Waals surface area contributed by atoms with Gasteiger partial charge in [0.1, 0.15) is 6.10 Å². The molecule has 7 heteroatoms.